The molecule has 248 valence electrons. The summed E-state index contributed by atoms with van der Waals surface area (Å²) >= 11 is 0. The lowest BCUT2D eigenvalue weighted by atomic mass is 10.1. The van der Waals surface area contributed by atoms with E-state index in [9.17, 15) is 0 Å². The highest BCUT2D eigenvalue weighted by atomic mass is 28.3. The van der Waals surface area contributed by atoms with Crippen LogP contribution in [0.4, 0.5) is 5.69 Å². The van der Waals surface area contributed by atoms with Crippen molar-refractivity contribution in [3.8, 4) is 23.3 Å². The lowest BCUT2D eigenvalue weighted by Gasteiger charge is -2.25. The van der Waals surface area contributed by atoms with Gasteiger partial charge >= 0.3 is 0 Å². The predicted molar refractivity (Wildman–Crippen MR) is 205 cm³/mol. The Labute approximate surface area is 281 Å². The van der Waals surface area contributed by atoms with E-state index in [1.54, 1.807) is 0 Å². The van der Waals surface area contributed by atoms with Crippen molar-refractivity contribution in [2.75, 3.05) is 18.0 Å². The highest BCUT2D eigenvalue weighted by Crippen LogP contribution is 2.19. The molecule has 2 aromatic rings. The molecule has 0 aliphatic carbocycles. The Morgan fingerprint density at radius 3 is 1.09 bits per heavy atom. The van der Waals surface area contributed by atoms with Crippen LogP contribution in [0.2, 0.25) is 19.6 Å². The fraction of sp³-hybridized carbons (Fsp3) is 0.628. The molecule has 0 amide bonds. The molecule has 0 fully saturated rings. The van der Waals surface area contributed by atoms with E-state index in [1.165, 1.54) is 147 Å². The molecule has 0 saturated heterocycles. The van der Waals surface area contributed by atoms with Crippen LogP contribution < -0.4 is 4.90 Å². The first-order valence-corrected chi connectivity index (χ1v) is 22.4. The predicted octanol–water partition coefficient (Wildman–Crippen LogP) is 13.0. The summed E-state index contributed by atoms with van der Waals surface area (Å²) in [6.07, 6.45) is 27.8. The van der Waals surface area contributed by atoms with Gasteiger partial charge in [0.05, 0.1) is 0 Å². The van der Waals surface area contributed by atoms with Crippen LogP contribution >= 0.6 is 0 Å². The topological polar surface area (TPSA) is 3.24 Å². The maximum Gasteiger partial charge on any atom is 0.129 e. The molecule has 0 spiro atoms. The van der Waals surface area contributed by atoms with E-state index in [0.29, 0.717) is 0 Å². The lowest BCUT2D eigenvalue weighted by Crippen LogP contribution is -2.25. The average Bonchev–Trinajstić information content (AvgIpc) is 3.04. The van der Waals surface area contributed by atoms with E-state index < -0.39 is 8.07 Å². The van der Waals surface area contributed by atoms with E-state index in [0.717, 1.165) is 16.7 Å². The number of hydrogen-bond acceptors (Lipinski definition) is 1. The van der Waals surface area contributed by atoms with Crippen LogP contribution in [0.25, 0.3) is 0 Å². The maximum atomic E-state index is 3.44. The molecular weight excluding hydrogens is 559 g/mol. The molecule has 0 heterocycles. The Balaban J connectivity index is 1.85. The van der Waals surface area contributed by atoms with Crippen molar-refractivity contribution in [2.24, 2.45) is 0 Å². The molecular formula is C43H67NSi. The summed E-state index contributed by atoms with van der Waals surface area (Å²) < 4.78 is 0. The molecule has 2 rings (SSSR count). The first-order chi connectivity index (χ1) is 21.9. The van der Waals surface area contributed by atoms with Gasteiger partial charge in [0.2, 0.25) is 0 Å². The summed E-state index contributed by atoms with van der Waals surface area (Å²) in [6, 6.07) is 17.4. The van der Waals surface area contributed by atoms with Crippen LogP contribution in [-0.4, -0.2) is 21.2 Å². The van der Waals surface area contributed by atoms with Crippen molar-refractivity contribution in [3.05, 3.63) is 65.2 Å². The second kappa shape index (κ2) is 24.8. The Morgan fingerprint density at radius 2 is 0.733 bits per heavy atom. The molecule has 0 atom stereocenters. The minimum Gasteiger partial charge on any atom is -0.372 e. The number of nitrogens with zero attached hydrogens (tertiary/aromatic N) is 1. The minimum absolute atomic E-state index is 1.04. The van der Waals surface area contributed by atoms with Crippen LogP contribution in [0.3, 0.4) is 0 Å². The number of anilines is 1. The first-order valence-electron chi connectivity index (χ1n) is 18.9. The van der Waals surface area contributed by atoms with E-state index in [4.69, 9.17) is 0 Å². The van der Waals surface area contributed by atoms with Gasteiger partial charge in [0.15, 0.2) is 0 Å². The average molecular weight is 626 g/mol. The number of unbranched alkanes of at least 4 members (excludes halogenated alkanes) is 18. The highest BCUT2D eigenvalue weighted by molar-refractivity contribution is 6.83. The summed E-state index contributed by atoms with van der Waals surface area (Å²) in [6.45, 7) is 13.8. The van der Waals surface area contributed by atoms with Gasteiger partial charge in [0.25, 0.3) is 0 Å². The lowest BCUT2D eigenvalue weighted by molar-refractivity contribution is 0.543. The summed E-state index contributed by atoms with van der Waals surface area (Å²) in [5.41, 5.74) is 8.01. The molecule has 0 unspecified atom stereocenters. The number of rotatable bonds is 23. The third-order valence-corrected chi connectivity index (χ3v) is 9.49. The summed E-state index contributed by atoms with van der Waals surface area (Å²) in [4.78, 5) is 2.65. The van der Waals surface area contributed by atoms with E-state index in [1.807, 2.05) is 0 Å². The van der Waals surface area contributed by atoms with Crippen molar-refractivity contribution in [1.29, 1.82) is 0 Å². The quantitative estimate of drug-likeness (QED) is 0.0674. The SMILES string of the molecule is CCCCCCCCCCCCN(CCCCCCCCCCCC)c1ccc(C#Cc2ccc(C#C[Si](C)(C)C)cc2)cc1. The second-order valence-electron chi connectivity index (χ2n) is 14.2. The normalized spacial score (nSPS) is 11.0. The number of hydrogen-bond donors (Lipinski definition) is 0. The van der Waals surface area contributed by atoms with Gasteiger partial charge < -0.3 is 4.90 Å². The first kappa shape index (κ1) is 38.8. The second-order valence-corrected chi connectivity index (χ2v) is 19.0. The van der Waals surface area contributed by atoms with Crippen LogP contribution in [-0.2, 0) is 0 Å². The van der Waals surface area contributed by atoms with Crippen molar-refractivity contribution in [3.63, 3.8) is 0 Å². The molecule has 0 aliphatic rings. The zero-order chi connectivity index (χ0) is 32.4. The fourth-order valence-electron chi connectivity index (χ4n) is 5.75. The van der Waals surface area contributed by atoms with E-state index in [-0.39, 0.29) is 0 Å². The van der Waals surface area contributed by atoms with Crippen molar-refractivity contribution in [2.45, 2.75) is 162 Å². The van der Waals surface area contributed by atoms with Gasteiger partial charge in [-0.15, -0.1) is 5.54 Å². The molecule has 1 nitrogen and oxygen atoms in total. The van der Waals surface area contributed by atoms with Gasteiger partial charge in [0.1, 0.15) is 8.07 Å². The molecule has 0 aromatic heterocycles. The number of benzene rings is 2. The third-order valence-electron chi connectivity index (χ3n) is 8.61. The maximum absolute atomic E-state index is 3.44. The zero-order valence-electron chi connectivity index (χ0n) is 30.1. The van der Waals surface area contributed by atoms with Gasteiger partial charge in [-0.05, 0) is 61.4 Å². The molecule has 0 aliphatic heterocycles. The summed E-state index contributed by atoms with van der Waals surface area (Å²) in [5, 5.41) is 0. The van der Waals surface area contributed by atoms with Gasteiger partial charge in [-0.3, -0.25) is 0 Å². The van der Waals surface area contributed by atoms with E-state index >= 15 is 0 Å². The molecule has 0 radical (unpaired) electrons. The zero-order valence-corrected chi connectivity index (χ0v) is 31.1. The highest BCUT2D eigenvalue weighted by Gasteiger charge is 2.08. The van der Waals surface area contributed by atoms with Crippen molar-refractivity contribution < 1.29 is 0 Å². The Bertz CT molecular complexity index is 1090. The fourth-order valence-corrected chi connectivity index (χ4v) is 6.27. The standard InChI is InChI=1S/C43H67NSi/c1-6-8-10-12-14-16-18-20-22-24-37-44(38-25-23-21-19-17-15-13-11-9-7-2)43-34-32-41(33-35-43)27-26-40-28-30-42(31-29-40)36-39-45(3,4)5/h28-35H,6-25,37-38H2,1-5H3. The van der Waals surface area contributed by atoms with E-state index in [2.05, 4.69) is 110 Å². The van der Waals surface area contributed by atoms with Gasteiger partial charge in [-0.1, -0.05) is 167 Å². The van der Waals surface area contributed by atoms with Crippen molar-refractivity contribution in [1.82, 2.24) is 0 Å². The molecule has 0 N–H and O–H groups in total. The third kappa shape index (κ3) is 20.3. The molecule has 2 heteroatoms. The Hall–Kier alpha value is -2.42. The minimum atomic E-state index is -1.36. The molecule has 0 saturated carbocycles. The summed E-state index contributed by atoms with van der Waals surface area (Å²) in [5.74, 6) is 10.1. The summed E-state index contributed by atoms with van der Waals surface area (Å²) in [7, 11) is -1.36. The van der Waals surface area contributed by atoms with Crippen LogP contribution in [0.5, 0.6) is 0 Å². The van der Waals surface area contributed by atoms with Crippen molar-refractivity contribution >= 4 is 13.8 Å². The van der Waals surface area contributed by atoms with Crippen LogP contribution in [0.15, 0.2) is 48.5 Å². The Kier molecular flexibility index (Phi) is 21.3. The van der Waals surface area contributed by atoms with Gasteiger partial charge in [-0.25, -0.2) is 0 Å². The van der Waals surface area contributed by atoms with Crippen LogP contribution in [0, 0.1) is 23.3 Å². The van der Waals surface area contributed by atoms with Gasteiger partial charge in [0, 0.05) is 35.5 Å². The Morgan fingerprint density at radius 1 is 0.422 bits per heavy atom. The van der Waals surface area contributed by atoms with Gasteiger partial charge in [-0.2, -0.15) is 0 Å². The molecule has 2 aromatic carbocycles. The largest absolute Gasteiger partial charge is 0.372 e. The van der Waals surface area contributed by atoms with Crippen LogP contribution in [0.1, 0.15) is 159 Å². The molecule has 0 bridgehead atoms. The smallest absolute Gasteiger partial charge is 0.129 e. The monoisotopic (exact) mass is 626 g/mol. The molecule has 45 heavy (non-hydrogen) atoms.